The maximum Gasteiger partial charge on any atom is 0.224 e. The van der Waals surface area contributed by atoms with Gasteiger partial charge in [-0.3, -0.25) is 9.78 Å². The number of benzene rings is 1. The van der Waals surface area contributed by atoms with Gasteiger partial charge in [-0.15, -0.1) is 0 Å². The monoisotopic (exact) mass is 268 g/mol. The Morgan fingerprint density at radius 2 is 1.70 bits per heavy atom. The fourth-order valence-electron chi connectivity index (χ4n) is 2.00. The number of anilines is 1. The Morgan fingerprint density at radius 1 is 1.05 bits per heavy atom. The molecule has 1 amide bonds. The Labute approximate surface area is 120 Å². The summed E-state index contributed by atoms with van der Waals surface area (Å²) in [6.45, 7) is 2.08. The molecule has 2 rings (SSSR count). The standard InChI is InChI=1S/C17H20N2O/c1-2-3-4-17(20)19-16-7-5-14(6-8-16)13-15-9-11-18-12-10-15/h5-12H,2-4,13H2,1H3,(H,19,20). The molecule has 1 aromatic carbocycles. The van der Waals surface area contributed by atoms with E-state index in [1.54, 1.807) is 12.4 Å². The van der Waals surface area contributed by atoms with Crippen LogP contribution in [0, 0.1) is 0 Å². The van der Waals surface area contributed by atoms with Gasteiger partial charge >= 0.3 is 0 Å². The number of aromatic nitrogens is 1. The first kappa shape index (κ1) is 14.3. The van der Waals surface area contributed by atoms with Crippen LogP contribution in [0.15, 0.2) is 48.8 Å². The van der Waals surface area contributed by atoms with Gasteiger partial charge in [0.1, 0.15) is 0 Å². The molecule has 0 radical (unpaired) electrons. The summed E-state index contributed by atoms with van der Waals surface area (Å²) < 4.78 is 0. The van der Waals surface area contributed by atoms with E-state index in [1.165, 1.54) is 11.1 Å². The maximum atomic E-state index is 11.6. The van der Waals surface area contributed by atoms with Crippen LogP contribution < -0.4 is 5.32 Å². The van der Waals surface area contributed by atoms with E-state index in [2.05, 4.69) is 29.4 Å². The van der Waals surface area contributed by atoms with E-state index in [4.69, 9.17) is 0 Å². The minimum atomic E-state index is 0.0914. The molecule has 1 N–H and O–H groups in total. The number of unbranched alkanes of at least 4 members (excludes halogenated alkanes) is 1. The van der Waals surface area contributed by atoms with Crippen LogP contribution in [-0.2, 0) is 11.2 Å². The first-order valence-electron chi connectivity index (χ1n) is 7.05. The molecule has 0 unspecified atom stereocenters. The van der Waals surface area contributed by atoms with Crippen molar-refractivity contribution < 1.29 is 4.79 Å². The lowest BCUT2D eigenvalue weighted by Crippen LogP contribution is -2.10. The molecule has 0 aliphatic carbocycles. The molecular weight excluding hydrogens is 248 g/mol. The number of hydrogen-bond acceptors (Lipinski definition) is 2. The van der Waals surface area contributed by atoms with Gasteiger partial charge < -0.3 is 5.32 Å². The smallest absolute Gasteiger partial charge is 0.224 e. The molecule has 1 aromatic heterocycles. The quantitative estimate of drug-likeness (QED) is 0.865. The van der Waals surface area contributed by atoms with E-state index < -0.39 is 0 Å². The van der Waals surface area contributed by atoms with E-state index in [1.807, 2.05) is 24.3 Å². The fourth-order valence-corrected chi connectivity index (χ4v) is 2.00. The maximum absolute atomic E-state index is 11.6. The van der Waals surface area contributed by atoms with Crippen molar-refractivity contribution in [3.05, 3.63) is 59.9 Å². The van der Waals surface area contributed by atoms with Gasteiger partial charge in [0, 0.05) is 24.5 Å². The largest absolute Gasteiger partial charge is 0.326 e. The Kier molecular flexibility index (Phi) is 5.30. The Bertz CT molecular complexity index is 535. The number of hydrogen-bond donors (Lipinski definition) is 1. The van der Waals surface area contributed by atoms with Gasteiger partial charge in [-0.1, -0.05) is 25.5 Å². The van der Waals surface area contributed by atoms with E-state index in [0.29, 0.717) is 6.42 Å². The van der Waals surface area contributed by atoms with Crippen molar-refractivity contribution in [1.82, 2.24) is 4.98 Å². The van der Waals surface area contributed by atoms with Gasteiger partial charge in [0.2, 0.25) is 5.91 Å². The van der Waals surface area contributed by atoms with E-state index in [-0.39, 0.29) is 5.91 Å². The minimum absolute atomic E-state index is 0.0914. The zero-order valence-electron chi connectivity index (χ0n) is 11.8. The van der Waals surface area contributed by atoms with Crippen LogP contribution in [0.2, 0.25) is 0 Å². The number of pyridine rings is 1. The van der Waals surface area contributed by atoms with Crippen LogP contribution in [0.3, 0.4) is 0 Å². The van der Waals surface area contributed by atoms with Crippen molar-refractivity contribution in [3.8, 4) is 0 Å². The summed E-state index contributed by atoms with van der Waals surface area (Å²) in [7, 11) is 0. The number of nitrogens with one attached hydrogen (secondary N) is 1. The summed E-state index contributed by atoms with van der Waals surface area (Å²) in [5.41, 5.74) is 3.33. The highest BCUT2D eigenvalue weighted by Crippen LogP contribution is 2.13. The van der Waals surface area contributed by atoms with Crippen LogP contribution in [-0.4, -0.2) is 10.9 Å². The lowest BCUT2D eigenvalue weighted by molar-refractivity contribution is -0.116. The van der Waals surface area contributed by atoms with Crippen molar-refractivity contribution >= 4 is 11.6 Å². The van der Waals surface area contributed by atoms with E-state index in [0.717, 1.165) is 24.9 Å². The molecule has 0 fully saturated rings. The average molecular weight is 268 g/mol. The highest BCUT2D eigenvalue weighted by atomic mass is 16.1. The molecule has 20 heavy (non-hydrogen) atoms. The van der Waals surface area contributed by atoms with Crippen molar-refractivity contribution in [2.75, 3.05) is 5.32 Å². The number of carbonyl (C=O) groups is 1. The van der Waals surface area contributed by atoms with Crippen molar-refractivity contribution in [1.29, 1.82) is 0 Å². The van der Waals surface area contributed by atoms with Crippen LogP contribution in [0.5, 0.6) is 0 Å². The summed E-state index contributed by atoms with van der Waals surface area (Å²) in [6.07, 6.45) is 7.06. The van der Waals surface area contributed by atoms with Crippen LogP contribution in [0.4, 0.5) is 5.69 Å². The molecule has 2 aromatic rings. The third kappa shape index (κ3) is 4.50. The molecule has 3 heteroatoms. The number of carbonyl (C=O) groups excluding carboxylic acids is 1. The molecule has 3 nitrogen and oxygen atoms in total. The molecule has 1 heterocycles. The van der Waals surface area contributed by atoms with E-state index in [9.17, 15) is 4.79 Å². The summed E-state index contributed by atoms with van der Waals surface area (Å²) in [5.74, 6) is 0.0914. The van der Waals surface area contributed by atoms with Gasteiger partial charge in [0.25, 0.3) is 0 Å². The second kappa shape index (κ2) is 7.43. The second-order valence-electron chi connectivity index (χ2n) is 4.88. The zero-order chi connectivity index (χ0) is 14.2. The molecule has 0 spiro atoms. The Morgan fingerprint density at radius 3 is 2.35 bits per heavy atom. The van der Waals surface area contributed by atoms with Crippen molar-refractivity contribution in [2.45, 2.75) is 32.6 Å². The topological polar surface area (TPSA) is 42.0 Å². The highest BCUT2D eigenvalue weighted by Gasteiger charge is 2.02. The summed E-state index contributed by atoms with van der Waals surface area (Å²) >= 11 is 0. The summed E-state index contributed by atoms with van der Waals surface area (Å²) in [5, 5.41) is 2.92. The third-order valence-corrected chi connectivity index (χ3v) is 3.15. The van der Waals surface area contributed by atoms with E-state index >= 15 is 0 Å². The molecular formula is C17H20N2O. The molecule has 0 aliphatic heterocycles. The molecule has 104 valence electrons. The summed E-state index contributed by atoms with van der Waals surface area (Å²) in [6, 6.07) is 12.0. The molecule has 0 saturated carbocycles. The van der Waals surface area contributed by atoms with Gasteiger partial charge in [-0.2, -0.15) is 0 Å². The highest BCUT2D eigenvalue weighted by molar-refractivity contribution is 5.90. The van der Waals surface area contributed by atoms with Gasteiger partial charge in [0.15, 0.2) is 0 Å². The van der Waals surface area contributed by atoms with Crippen molar-refractivity contribution in [3.63, 3.8) is 0 Å². The molecule has 0 bridgehead atoms. The number of amides is 1. The minimum Gasteiger partial charge on any atom is -0.326 e. The normalized spacial score (nSPS) is 10.2. The third-order valence-electron chi connectivity index (χ3n) is 3.15. The first-order chi connectivity index (χ1) is 9.78. The van der Waals surface area contributed by atoms with Gasteiger partial charge in [0.05, 0.1) is 0 Å². The first-order valence-corrected chi connectivity index (χ1v) is 7.05. The van der Waals surface area contributed by atoms with Gasteiger partial charge in [-0.25, -0.2) is 0 Å². The fraction of sp³-hybridized carbons (Fsp3) is 0.294. The average Bonchev–Trinajstić information content (AvgIpc) is 2.48. The molecule has 0 aliphatic rings. The Hall–Kier alpha value is -2.16. The molecule has 0 atom stereocenters. The van der Waals surface area contributed by atoms with Crippen LogP contribution in [0.1, 0.15) is 37.3 Å². The van der Waals surface area contributed by atoms with Crippen LogP contribution in [0.25, 0.3) is 0 Å². The second-order valence-corrected chi connectivity index (χ2v) is 4.88. The summed E-state index contributed by atoms with van der Waals surface area (Å²) in [4.78, 5) is 15.6. The van der Waals surface area contributed by atoms with Gasteiger partial charge in [-0.05, 0) is 48.2 Å². The number of nitrogens with zero attached hydrogens (tertiary/aromatic N) is 1. The molecule has 0 saturated heterocycles. The lowest BCUT2D eigenvalue weighted by Gasteiger charge is -2.06. The van der Waals surface area contributed by atoms with Crippen LogP contribution >= 0.6 is 0 Å². The number of rotatable bonds is 6. The zero-order valence-corrected chi connectivity index (χ0v) is 11.8. The predicted molar refractivity (Wildman–Crippen MR) is 81.6 cm³/mol. The SMILES string of the molecule is CCCCC(=O)Nc1ccc(Cc2ccncc2)cc1. The lowest BCUT2D eigenvalue weighted by atomic mass is 10.1. The van der Waals surface area contributed by atoms with Crippen molar-refractivity contribution in [2.24, 2.45) is 0 Å². The predicted octanol–water partition coefficient (Wildman–Crippen LogP) is 3.80. The Balaban J connectivity index is 1.91.